The number of hydrogen-bond donors (Lipinski definition) is 1. The molecule has 5 heteroatoms. The summed E-state index contributed by atoms with van der Waals surface area (Å²) in [7, 11) is 0. The zero-order chi connectivity index (χ0) is 15.2. The summed E-state index contributed by atoms with van der Waals surface area (Å²) in [6, 6.07) is 13.7. The molecule has 22 heavy (non-hydrogen) atoms. The van der Waals surface area contributed by atoms with Crippen molar-refractivity contribution in [3.8, 4) is 0 Å². The molecule has 0 aromatic heterocycles. The van der Waals surface area contributed by atoms with Crippen molar-refractivity contribution < 1.29 is 9.18 Å². The van der Waals surface area contributed by atoms with E-state index in [2.05, 4.69) is 5.32 Å². The molecule has 2 aromatic carbocycles. The van der Waals surface area contributed by atoms with Crippen molar-refractivity contribution in [3.63, 3.8) is 0 Å². The molecule has 1 fully saturated rings. The molecule has 1 saturated heterocycles. The van der Waals surface area contributed by atoms with Gasteiger partial charge in [-0.15, -0.1) is 0 Å². The average molecular weight is 314 g/mol. The van der Waals surface area contributed by atoms with Crippen molar-refractivity contribution in [2.24, 2.45) is 0 Å². The number of halogens is 1. The molecule has 1 atom stereocenters. The number of hydrogen-bond acceptors (Lipinski definition) is 3. The third-order valence-corrected chi connectivity index (χ3v) is 5.42. The van der Waals surface area contributed by atoms with Crippen LogP contribution in [0.3, 0.4) is 0 Å². The van der Waals surface area contributed by atoms with Crippen LogP contribution in [0.4, 0.5) is 15.8 Å². The van der Waals surface area contributed by atoms with E-state index < -0.39 is 5.66 Å². The number of nitrogens with one attached hydrogen (secondary N) is 1. The van der Waals surface area contributed by atoms with Crippen LogP contribution in [-0.2, 0) is 0 Å². The fraction of sp³-hybridized carbons (Fsp3) is 0.235. The molecule has 1 N–H and O–H groups in total. The number of amides is 1. The summed E-state index contributed by atoms with van der Waals surface area (Å²) >= 11 is 1.83. The number of anilines is 2. The number of carbonyl (C=O) groups excluding carboxylic acids is 1. The van der Waals surface area contributed by atoms with Gasteiger partial charge in [-0.2, -0.15) is 11.8 Å². The van der Waals surface area contributed by atoms with E-state index in [1.165, 1.54) is 12.1 Å². The van der Waals surface area contributed by atoms with E-state index in [1.807, 2.05) is 36.0 Å². The SMILES string of the molecule is O=C1c2ccccc2N[C@@]2(CCSC2)N1c1ccc(F)cc1. The minimum atomic E-state index is -0.423. The zero-order valence-electron chi connectivity index (χ0n) is 11.9. The van der Waals surface area contributed by atoms with Gasteiger partial charge in [0.05, 0.1) is 5.56 Å². The molecule has 2 aliphatic heterocycles. The summed E-state index contributed by atoms with van der Waals surface area (Å²) in [6.45, 7) is 0. The predicted octanol–water partition coefficient (Wildman–Crippen LogP) is 3.73. The minimum Gasteiger partial charge on any atom is -0.361 e. The average Bonchev–Trinajstić information content (AvgIpc) is 2.98. The van der Waals surface area contributed by atoms with Crippen LogP contribution >= 0.6 is 11.8 Å². The van der Waals surface area contributed by atoms with Crippen molar-refractivity contribution in [2.75, 3.05) is 21.7 Å². The maximum Gasteiger partial charge on any atom is 0.262 e. The van der Waals surface area contributed by atoms with Gasteiger partial charge in [0.1, 0.15) is 11.5 Å². The number of para-hydroxylation sites is 1. The third kappa shape index (κ3) is 2.00. The molecule has 4 rings (SSSR count). The largest absolute Gasteiger partial charge is 0.361 e. The molecule has 2 aliphatic rings. The fourth-order valence-corrected chi connectivity index (χ4v) is 4.49. The lowest BCUT2D eigenvalue weighted by Crippen LogP contribution is -2.60. The first-order valence-corrected chi connectivity index (χ1v) is 8.40. The monoisotopic (exact) mass is 314 g/mol. The Morgan fingerprint density at radius 1 is 1.14 bits per heavy atom. The summed E-state index contributed by atoms with van der Waals surface area (Å²) in [5.74, 6) is 1.50. The van der Waals surface area contributed by atoms with E-state index in [-0.39, 0.29) is 11.7 Å². The van der Waals surface area contributed by atoms with E-state index in [0.717, 1.165) is 29.3 Å². The van der Waals surface area contributed by atoms with Gasteiger partial charge in [-0.3, -0.25) is 9.69 Å². The first-order valence-electron chi connectivity index (χ1n) is 7.25. The van der Waals surface area contributed by atoms with Gasteiger partial charge in [-0.05, 0) is 48.6 Å². The Labute approximate surface area is 132 Å². The first-order chi connectivity index (χ1) is 10.7. The molecular weight excluding hydrogens is 299 g/mol. The van der Waals surface area contributed by atoms with Gasteiger partial charge < -0.3 is 5.32 Å². The zero-order valence-corrected chi connectivity index (χ0v) is 12.7. The number of carbonyl (C=O) groups is 1. The van der Waals surface area contributed by atoms with Crippen molar-refractivity contribution in [2.45, 2.75) is 12.1 Å². The van der Waals surface area contributed by atoms with Crippen molar-refractivity contribution >= 4 is 29.0 Å². The van der Waals surface area contributed by atoms with E-state index in [0.29, 0.717) is 5.56 Å². The molecule has 3 nitrogen and oxygen atoms in total. The molecule has 112 valence electrons. The number of nitrogens with zero attached hydrogens (tertiary/aromatic N) is 1. The van der Waals surface area contributed by atoms with E-state index >= 15 is 0 Å². The Morgan fingerprint density at radius 2 is 1.91 bits per heavy atom. The van der Waals surface area contributed by atoms with Gasteiger partial charge >= 0.3 is 0 Å². The molecule has 2 heterocycles. The molecule has 0 unspecified atom stereocenters. The second kappa shape index (κ2) is 5.02. The second-order valence-electron chi connectivity index (χ2n) is 5.62. The second-order valence-corrected chi connectivity index (χ2v) is 6.73. The van der Waals surface area contributed by atoms with Gasteiger partial charge in [0, 0.05) is 17.1 Å². The minimum absolute atomic E-state index is 0.0246. The van der Waals surface area contributed by atoms with Gasteiger partial charge in [0.2, 0.25) is 0 Å². The molecular formula is C17H15FN2OS. The lowest BCUT2D eigenvalue weighted by Gasteiger charge is -2.46. The summed E-state index contributed by atoms with van der Waals surface area (Å²) in [6.07, 6.45) is 0.870. The normalized spacial score (nSPS) is 23.5. The van der Waals surface area contributed by atoms with Crippen LogP contribution in [0, 0.1) is 5.82 Å². The van der Waals surface area contributed by atoms with Gasteiger partial charge in [-0.1, -0.05) is 12.1 Å². The van der Waals surface area contributed by atoms with Crippen molar-refractivity contribution in [1.82, 2.24) is 0 Å². The highest BCUT2D eigenvalue weighted by atomic mass is 32.2. The van der Waals surface area contributed by atoms with Crippen LogP contribution in [0.15, 0.2) is 48.5 Å². The van der Waals surface area contributed by atoms with Crippen LogP contribution in [0.2, 0.25) is 0 Å². The Balaban J connectivity index is 1.86. The van der Waals surface area contributed by atoms with Crippen molar-refractivity contribution in [3.05, 3.63) is 59.9 Å². The Hall–Kier alpha value is -2.01. The highest BCUT2D eigenvalue weighted by molar-refractivity contribution is 7.99. The molecule has 1 spiro atoms. The summed E-state index contributed by atoms with van der Waals surface area (Å²) in [5.41, 5.74) is 1.85. The molecule has 0 saturated carbocycles. The van der Waals surface area contributed by atoms with Gasteiger partial charge in [-0.25, -0.2) is 4.39 Å². The maximum absolute atomic E-state index is 13.2. The van der Waals surface area contributed by atoms with Crippen LogP contribution in [-0.4, -0.2) is 23.1 Å². The van der Waals surface area contributed by atoms with E-state index in [1.54, 1.807) is 17.0 Å². The quantitative estimate of drug-likeness (QED) is 0.870. The fourth-order valence-electron chi connectivity index (χ4n) is 3.18. The van der Waals surface area contributed by atoms with Crippen LogP contribution in [0.5, 0.6) is 0 Å². The molecule has 0 radical (unpaired) electrons. The van der Waals surface area contributed by atoms with E-state index in [4.69, 9.17) is 0 Å². The Kier molecular flexibility index (Phi) is 3.11. The summed E-state index contributed by atoms with van der Waals surface area (Å²) < 4.78 is 13.2. The lowest BCUT2D eigenvalue weighted by atomic mass is 9.97. The van der Waals surface area contributed by atoms with Crippen molar-refractivity contribution in [1.29, 1.82) is 0 Å². The van der Waals surface area contributed by atoms with Crippen LogP contribution in [0.25, 0.3) is 0 Å². The topological polar surface area (TPSA) is 32.3 Å². The lowest BCUT2D eigenvalue weighted by molar-refractivity contribution is 0.0959. The first kappa shape index (κ1) is 13.6. The maximum atomic E-state index is 13.2. The third-order valence-electron chi connectivity index (χ3n) is 4.24. The smallest absolute Gasteiger partial charge is 0.262 e. The Bertz CT molecular complexity index is 726. The van der Waals surface area contributed by atoms with Gasteiger partial charge in [0.25, 0.3) is 5.91 Å². The number of thioether (sulfide) groups is 1. The highest BCUT2D eigenvalue weighted by Crippen LogP contribution is 2.42. The summed E-state index contributed by atoms with van der Waals surface area (Å²) in [4.78, 5) is 14.8. The Morgan fingerprint density at radius 3 is 2.64 bits per heavy atom. The summed E-state index contributed by atoms with van der Waals surface area (Å²) in [5, 5.41) is 3.56. The molecule has 0 aliphatic carbocycles. The number of fused-ring (bicyclic) bond motifs is 1. The van der Waals surface area contributed by atoms with Crippen LogP contribution in [0.1, 0.15) is 16.8 Å². The standard InChI is InChI=1S/C17H15FN2OS/c18-12-5-7-13(8-6-12)20-16(21)14-3-1-2-4-15(14)19-17(20)9-10-22-11-17/h1-8,19H,9-11H2/t17-/m0/s1. The number of rotatable bonds is 1. The van der Waals surface area contributed by atoms with Gasteiger partial charge in [0.15, 0.2) is 0 Å². The molecule has 2 aromatic rings. The highest BCUT2D eigenvalue weighted by Gasteiger charge is 2.47. The number of benzene rings is 2. The van der Waals surface area contributed by atoms with E-state index in [9.17, 15) is 9.18 Å². The molecule has 0 bridgehead atoms. The van der Waals surface area contributed by atoms with Crippen LogP contribution < -0.4 is 10.2 Å². The predicted molar refractivity (Wildman–Crippen MR) is 87.9 cm³/mol. The molecule has 1 amide bonds.